The molecule has 4 nitrogen and oxygen atoms in total. The van der Waals surface area contributed by atoms with Gasteiger partial charge in [-0.25, -0.2) is 4.39 Å². The van der Waals surface area contributed by atoms with Crippen molar-refractivity contribution in [3.05, 3.63) is 58.9 Å². The van der Waals surface area contributed by atoms with Gasteiger partial charge in [0.1, 0.15) is 0 Å². The fourth-order valence-electron chi connectivity index (χ4n) is 2.23. The average Bonchev–Trinajstić information content (AvgIpc) is 2.56. The van der Waals surface area contributed by atoms with Crippen molar-refractivity contribution in [2.75, 3.05) is 19.5 Å². The first-order valence-electron chi connectivity index (χ1n) is 7.50. The van der Waals surface area contributed by atoms with Gasteiger partial charge in [-0.2, -0.15) is 0 Å². The fourth-order valence-corrected chi connectivity index (χ4v) is 2.42. The third kappa shape index (κ3) is 4.46. The van der Waals surface area contributed by atoms with Crippen LogP contribution in [0.2, 0.25) is 5.02 Å². The third-order valence-corrected chi connectivity index (χ3v) is 4.15. The molecule has 0 fully saturated rings. The first-order chi connectivity index (χ1) is 11.4. The fraction of sp³-hybridized carbons (Fsp3) is 0.278. The number of methoxy groups -OCH3 is 1. The lowest BCUT2D eigenvalue weighted by Gasteiger charge is -2.24. The largest absolute Gasteiger partial charge is 0.494 e. The van der Waals surface area contributed by atoms with Crippen molar-refractivity contribution >= 4 is 23.2 Å². The highest BCUT2D eigenvalue weighted by molar-refractivity contribution is 6.33. The van der Waals surface area contributed by atoms with Gasteiger partial charge in [0, 0.05) is 6.54 Å². The topological polar surface area (TPSA) is 41.6 Å². The highest BCUT2D eigenvalue weighted by Crippen LogP contribution is 2.22. The normalized spacial score (nSPS) is 12.1. The van der Waals surface area contributed by atoms with Crippen LogP contribution < -0.4 is 10.1 Å². The van der Waals surface area contributed by atoms with E-state index in [9.17, 15) is 9.18 Å². The van der Waals surface area contributed by atoms with E-state index in [0.29, 0.717) is 17.3 Å². The number of carbonyl (C=O) groups is 1. The summed E-state index contributed by atoms with van der Waals surface area (Å²) in [5, 5.41) is 3.28. The Balaban J connectivity index is 2.01. The van der Waals surface area contributed by atoms with Crippen LogP contribution in [0.4, 0.5) is 10.1 Å². The van der Waals surface area contributed by atoms with Crippen LogP contribution >= 0.6 is 11.6 Å². The van der Waals surface area contributed by atoms with Crippen LogP contribution in [-0.2, 0) is 11.3 Å². The number of hydrogen-bond donors (Lipinski definition) is 1. The Labute approximate surface area is 146 Å². The molecule has 128 valence electrons. The summed E-state index contributed by atoms with van der Waals surface area (Å²) in [5.41, 5.74) is 1.33. The molecule has 2 aromatic carbocycles. The van der Waals surface area contributed by atoms with Gasteiger partial charge in [-0.1, -0.05) is 29.8 Å². The van der Waals surface area contributed by atoms with Crippen LogP contribution in [0.25, 0.3) is 0 Å². The summed E-state index contributed by atoms with van der Waals surface area (Å²) in [6.07, 6.45) is 0. The standard InChI is InChI=1S/C18H20ClFN2O2/c1-12(18(23)21-16-7-5-4-6-14(16)19)22(2)11-13-8-9-17(24-3)15(20)10-13/h4-10,12H,11H2,1-3H3,(H,21,23). The number of rotatable bonds is 6. The molecule has 1 atom stereocenters. The number of nitrogens with zero attached hydrogens (tertiary/aromatic N) is 1. The summed E-state index contributed by atoms with van der Waals surface area (Å²) in [7, 11) is 3.23. The Morgan fingerprint density at radius 2 is 2.04 bits per heavy atom. The maximum Gasteiger partial charge on any atom is 0.241 e. The molecular weight excluding hydrogens is 331 g/mol. The number of halogens is 2. The minimum absolute atomic E-state index is 0.181. The number of likely N-dealkylation sites (N-methyl/N-ethyl adjacent to an activating group) is 1. The summed E-state index contributed by atoms with van der Waals surface area (Å²) in [6, 6.07) is 11.4. The maximum absolute atomic E-state index is 13.8. The number of benzene rings is 2. The molecule has 0 radical (unpaired) electrons. The van der Waals surface area contributed by atoms with Crippen LogP contribution in [0.3, 0.4) is 0 Å². The molecule has 6 heteroatoms. The number of carbonyl (C=O) groups excluding carboxylic acids is 1. The zero-order valence-corrected chi connectivity index (χ0v) is 14.6. The quantitative estimate of drug-likeness (QED) is 0.857. The Hall–Kier alpha value is -2.11. The lowest BCUT2D eigenvalue weighted by atomic mass is 10.1. The van der Waals surface area contributed by atoms with E-state index in [4.69, 9.17) is 16.3 Å². The number of ether oxygens (including phenoxy) is 1. The molecule has 1 amide bonds. The SMILES string of the molecule is COc1ccc(CN(C)C(C)C(=O)Nc2ccccc2Cl)cc1F. The van der Waals surface area contributed by atoms with E-state index in [1.165, 1.54) is 13.2 Å². The molecule has 0 aliphatic heterocycles. The zero-order chi connectivity index (χ0) is 17.7. The lowest BCUT2D eigenvalue weighted by Crippen LogP contribution is -2.39. The third-order valence-electron chi connectivity index (χ3n) is 3.82. The smallest absolute Gasteiger partial charge is 0.241 e. The van der Waals surface area contributed by atoms with Crippen LogP contribution in [-0.4, -0.2) is 31.0 Å². The second-order valence-electron chi connectivity index (χ2n) is 5.53. The molecule has 1 unspecified atom stereocenters. The molecule has 24 heavy (non-hydrogen) atoms. The summed E-state index contributed by atoms with van der Waals surface area (Å²) in [5.74, 6) is -0.401. The average molecular weight is 351 g/mol. The van der Waals surface area contributed by atoms with Gasteiger partial charge >= 0.3 is 0 Å². The van der Waals surface area contributed by atoms with Crippen LogP contribution in [0.15, 0.2) is 42.5 Å². The molecule has 2 aromatic rings. The molecule has 0 aliphatic carbocycles. The molecule has 0 aromatic heterocycles. The summed E-state index contributed by atoms with van der Waals surface area (Å²) < 4.78 is 18.7. The van der Waals surface area contributed by atoms with Crippen LogP contribution in [0, 0.1) is 5.82 Å². The van der Waals surface area contributed by atoms with Crippen molar-refractivity contribution in [2.24, 2.45) is 0 Å². The van der Waals surface area contributed by atoms with Gasteiger partial charge in [-0.15, -0.1) is 0 Å². The van der Waals surface area contributed by atoms with Crippen molar-refractivity contribution in [3.63, 3.8) is 0 Å². The van der Waals surface area contributed by atoms with E-state index in [2.05, 4.69) is 5.32 Å². The molecule has 2 rings (SSSR count). The Morgan fingerprint density at radius 1 is 1.33 bits per heavy atom. The number of amides is 1. The van der Waals surface area contributed by atoms with Crippen LogP contribution in [0.1, 0.15) is 12.5 Å². The molecule has 0 bridgehead atoms. The zero-order valence-electron chi connectivity index (χ0n) is 13.8. The summed E-state index contributed by atoms with van der Waals surface area (Å²) >= 11 is 6.05. The predicted molar refractivity (Wildman–Crippen MR) is 94.0 cm³/mol. The van der Waals surface area contributed by atoms with Crippen molar-refractivity contribution in [3.8, 4) is 5.75 Å². The lowest BCUT2D eigenvalue weighted by molar-refractivity contribution is -0.120. The Morgan fingerprint density at radius 3 is 2.67 bits per heavy atom. The number of para-hydroxylation sites is 1. The minimum atomic E-state index is -0.420. The van der Waals surface area contributed by atoms with Gasteiger partial charge in [0.2, 0.25) is 5.91 Å². The van der Waals surface area contributed by atoms with E-state index in [-0.39, 0.29) is 11.7 Å². The second kappa shape index (κ2) is 8.13. The van der Waals surface area contributed by atoms with E-state index in [0.717, 1.165) is 5.56 Å². The second-order valence-corrected chi connectivity index (χ2v) is 5.94. The molecule has 0 aliphatic rings. The van der Waals surface area contributed by atoms with Crippen molar-refractivity contribution < 1.29 is 13.9 Å². The van der Waals surface area contributed by atoms with E-state index in [1.807, 2.05) is 4.90 Å². The number of anilines is 1. The van der Waals surface area contributed by atoms with Gasteiger partial charge in [-0.3, -0.25) is 9.69 Å². The monoisotopic (exact) mass is 350 g/mol. The van der Waals surface area contributed by atoms with Gasteiger partial charge in [0.15, 0.2) is 11.6 Å². The molecular formula is C18H20ClFN2O2. The van der Waals surface area contributed by atoms with Gasteiger partial charge in [0.05, 0.1) is 23.9 Å². The predicted octanol–water partition coefficient (Wildman–Crippen LogP) is 3.95. The van der Waals surface area contributed by atoms with Gasteiger partial charge < -0.3 is 10.1 Å². The maximum atomic E-state index is 13.8. The molecule has 0 heterocycles. The molecule has 1 N–H and O–H groups in total. The number of hydrogen-bond acceptors (Lipinski definition) is 3. The van der Waals surface area contributed by atoms with E-state index >= 15 is 0 Å². The van der Waals surface area contributed by atoms with Gasteiger partial charge in [0.25, 0.3) is 0 Å². The van der Waals surface area contributed by atoms with Crippen molar-refractivity contribution in [2.45, 2.75) is 19.5 Å². The highest BCUT2D eigenvalue weighted by atomic mass is 35.5. The molecule has 0 saturated heterocycles. The van der Waals surface area contributed by atoms with E-state index in [1.54, 1.807) is 50.4 Å². The number of nitrogens with one attached hydrogen (secondary N) is 1. The summed E-state index contributed by atoms with van der Waals surface area (Å²) in [4.78, 5) is 14.2. The first kappa shape index (κ1) is 18.2. The molecule has 0 spiro atoms. The molecule has 0 saturated carbocycles. The summed E-state index contributed by atoms with van der Waals surface area (Å²) in [6.45, 7) is 2.21. The minimum Gasteiger partial charge on any atom is -0.494 e. The highest BCUT2D eigenvalue weighted by Gasteiger charge is 2.19. The van der Waals surface area contributed by atoms with E-state index < -0.39 is 11.9 Å². The Bertz CT molecular complexity index is 724. The van der Waals surface area contributed by atoms with Crippen LogP contribution in [0.5, 0.6) is 5.75 Å². The first-order valence-corrected chi connectivity index (χ1v) is 7.88. The van der Waals surface area contributed by atoms with Gasteiger partial charge in [-0.05, 0) is 43.8 Å². The van der Waals surface area contributed by atoms with Crippen molar-refractivity contribution in [1.82, 2.24) is 4.90 Å². The van der Waals surface area contributed by atoms with Crippen molar-refractivity contribution in [1.29, 1.82) is 0 Å². The Kier molecular flexibility index (Phi) is 6.17.